The number of allylic oxidation sites excluding steroid dienone is 1. The number of hydrogen-bond acceptors (Lipinski definition) is 10. The first-order chi connectivity index (χ1) is 26.2. The second-order valence-corrected chi connectivity index (χ2v) is 18.9. The fourth-order valence-corrected chi connectivity index (χ4v) is 10.0. The van der Waals surface area contributed by atoms with Crippen molar-refractivity contribution in [3.05, 3.63) is 108 Å². The minimum absolute atomic E-state index is 0.0502. The van der Waals surface area contributed by atoms with Gasteiger partial charge in [0.15, 0.2) is 0 Å². The normalized spacial score (nSPS) is 17.7. The molecule has 1 saturated carbocycles. The van der Waals surface area contributed by atoms with Crippen LogP contribution < -0.4 is 10.0 Å². The van der Waals surface area contributed by atoms with Gasteiger partial charge in [0.25, 0.3) is 10.0 Å². The second kappa shape index (κ2) is 17.7. The van der Waals surface area contributed by atoms with Gasteiger partial charge in [-0.25, -0.2) is 18.4 Å². The lowest BCUT2D eigenvalue weighted by atomic mass is 9.87. The van der Waals surface area contributed by atoms with E-state index in [1.807, 2.05) is 67.5 Å². The predicted octanol–water partition coefficient (Wildman–Crippen LogP) is 8.82. The molecule has 0 radical (unpaired) electrons. The highest BCUT2D eigenvalue weighted by molar-refractivity contribution is 8.25. The molecule has 55 heavy (non-hydrogen) atoms. The lowest BCUT2D eigenvalue weighted by Gasteiger charge is -2.38. The summed E-state index contributed by atoms with van der Waals surface area (Å²) >= 11 is 1.50. The molecule has 3 aromatic carbocycles. The number of aromatic nitrogens is 2. The smallest absolute Gasteiger partial charge is 0.380 e. The molecule has 296 valence electrons. The molecule has 10 nitrogen and oxygen atoms in total. The van der Waals surface area contributed by atoms with Crippen molar-refractivity contribution < 1.29 is 30.7 Å². The van der Waals surface area contributed by atoms with Crippen LogP contribution in [0.4, 0.5) is 24.7 Å². The van der Waals surface area contributed by atoms with Gasteiger partial charge >= 0.3 is 5.51 Å². The quantitative estimate of drug-likeness (QED) is 0.0917. The van der Waals surface area contributed by atoms with Crippen LogP contribution in [0, 0.1) is 0 Å². The summed E-state index contributed by atoms with van der Waals surface area (Å²) in [6.45, 7) is 1.79. The lowest BCUT2D eigenvalue weighted by molar-refractivity contribution is -0.0526. The number of thioether (sulfide) groups is 1. The van der Waals surface area contributed by atoms with Crippen LogP contribution in [0.1, 0.15) is 48.9 Å². The van der Waals surface area contributed by atoms with Gasteiger partial charge in [-0.1, -0.05) is 70.8 Å². The van der Waals surface area contributed by atoms with Crippen molar-refractivity contribution in [2.24, 2.45) is 0 Å². The van der Waals surface area contributed by atoms with Crippen LogP contribution in [-0.2, 0) is 23.0 Å². The molecule has 1 atom stereocenters. The summed E-state index contributed by atoms with van der Waals surface area (Å²) < 4.78 is 93.9. The SMILES string of the molecule is CN(C)CC[C@H](CSc1ccccc1)Nc1ccc(S(=O)(=O)Nc2ncnc3c2CCN(C2CCC(=Cc4ccccc4)CC2)C3)cc1S(O)(O)C(F)(F)F. The summed E-state index contributed by atoms with van der Waals surface area (Å²) in [5.41, 5.74) is -1.72. The zero-order chi connectivity index (χ0) is 39.2. The van der Waals surface area contributed by atoms with Gasteiger partial charge in [0, 0.05) is 41.4 Å². The Morgan fingerprint density at radius 1 is 0.982 bits per heavy atom. The van der Waals surface area contributed by atoms with E-state index in [4.69, 9.17) is 0 Å². The van der Waals surface area contributed by atoms with Gasteiger partial charge < -0.3 is 10.2 Å². The first-order valence-corrected chi connectivity index (χ1v) is 22.1. The van der Waals surface area contributed by atoms with Crippen LogP contribution in [0.15, 0.2) is 105 Å². The van der Waals surface area contributed by atoms with Gasteiger partial charge in [0.2, 0.25) is 0 Å². The topological polar surface area (TPSA) is 131 Å². The van der Waals surface area contributed by atoms with Crippen molar-refractivity contribution in [1.82, 2.24) is 19.8 Å². The van der Waals surface area contributed by atoms with Crippen molar-refractivity contribution in [2.75, 3.05) is 43.0 Å². The minimum Gasteiger partial charge on any atom is -0.380 e. The van der Waals surface area contributed by atoms with Gasteiger partial charge in [0.1, 0.15) is 12.1 Å². The van der Waals surface area contributed by atoms with Crippen LogP contribution in [0.25, 0.3) is 6.08 Å². The van der Waals surface area contributed by atoms with Crippen molar-refractivity contribution in [2.45, 2.75) is 77.3 Å². The molecular weight excluding hydrogens is 770 g/mol. The van der Waals surface area contributed by atoms with Crippen LogP contribution in [-0.4, -0.2) is 87.8 Å². The predicted molar refractivity (Wildman–Crippen MR) is 215 cm³/mol. The molecule has 0 unspecified atom stereocenters. The largest absolute Gasteiger partial charge is 0.500 e. The third-order valence-corrected chi connectivity index (χ3v) is 14.0. The van der Waals surface area contributed by atoms with E-state index in [1.54, 1.807) is 0 Å². The van der Waals surface area contributed by atoms with E-state index >= 15 is 0 Å². The molecule has 0 spiro atoms. The van der Waals surface area contributed by atoms with Crippen molar-refractivity contribution in [3.63, 3.8) is 0 Å². The maximum atomic E-state index is 14.2. The molecule has 16 heteroatoms. The molecule has 0 bridgehead atoms. The number of anilines is 2. The number of fused-ring (bicyclic) bond motifs is 1. The van der Waals surface area contributed by atoms with E-state index in [1.165, 1.54) is 29.2 Å². The summed E-state index contributed by atoms with van der Waals surface area (Å²) in [7, 11) is -6.24. The molecule has 1 aliphatic heterocycles. The Bertz CT molecular complexity index is 2050. The molecule has 1 aliphatic carbocycles. The number of nitrogens with one attached hydrogen (secondary N) is 2. The Labute approximate surface area is 327 Å². The third-order valence-electron chi connectivity index (χ3n) is 9.92. The summed E-state index contributed by atoms with van der Waals surface area (Å²) in [5, 5.41) is 3.07. The Balaban J connectivity index is 1.19. The van der Waals surface area contributed by atoms with Gasteiger partial charge in [0.05, 0.1) is 21.2 Å². The summed E-state index contributed by atoms with van der Waals surface area (Å²) in [5.74, 6) is 0.502. The van der Waals surface area contributed by atoms with Crippen LogP contribution in [0.5, 0.6) is 0 Å². The van der Waals surface area contributed by atoms with Crippen LogP contribution in [0.3, 0.4) is 0 Å². The molecule has 0 saturated heterocycles. The second-order valence-electron chi connectivity index (χ2n) is 14.1. The number of rotatable bonds is 14. The molecule has 1 fully saturated rings. The maximum Gasteiger partial charge on any atom is 0.500 e. The van der Waals surface area contributed by atoms with E-state index in [0.717, 1.165) is 42.7 Å². The van der Waals surface area contributed by atoms with Crippen molar-refractivity contribution >= 4 is 50.0 Å². The molecule has 1 aromatic heterocycles. The highest BCUT2D eigenvalue weighted by Gasteiger charge is 2.48. The van der Waals surface area contributed by atoms with E-state index in [-0.39, 0.29) is 11.5 Å². The van der Waals surface area contributed by atoms with Crippen LogP contribution >= 0.6 is 22.4 Å². The molecular formula is C39H47F3N6O4S3. The van der Waals surface area contributed by atoms with Gasteiger partial charge in [-0.15, -0.1) is 11.8 Å². The van der Waals surface area contributed by atoms with E-state index in [0.29, 0.717) is 61.6 Å². The van der Waals surface area contributed by atoms with E-state index < -0.39 is 42.0 Å². The van der Waals surface area contributed by atoms with Gasteiger partial charge in [-0.2, -0.15) is 13.2 Å². The zero-order valence-corrected chi connectivity index (χ0v) is 33.2. The average Bonchev–Trinajstić information content (AvgIpc) is 3.16. The molecule has 0 amide bonds. The monoisotopic (exact) mass is 816 g/mol. The molecule has 2 heterocycles. The first kappa shape index (κ1) is 41.0. The fraction of sp³-hybridized carbons (Fsp3) is 0.385. The van der Waals surface area contributed by atoms with Crippen molar-refractivity contribution in [3.8, 4) is 0 Å². The number of halogens is 3. The lowest BCUT2D eigenvalue weighted by Crippen LogP contribution is -2.41. The zero-order valence-electron chi connectivity index (χ0n) is 30.7. The van der Waals surface area contributed by atoms with E-state index in [2.05, 4.69) is 43.1 Å². The highest BCUT2D eigenvalue weighted by atomic mass is 32.3. The Kier molecular flexibility index (Phi) is 13.2. The number of sulfonamides is 1. The Morgan fingerprint density at radius 3 is 2.35 bits per heavy atom. The van der Waals surface area contributed by atoms with Gasteiger partial charge in [-0.05, 0) is 95.1 Å². The maximum absolute atomic E-state index is 14.2. The molecule has 2 aliphatic rings. The average molecular weight is 817 g/mol. The Hall–Kier alpha value is -3.64. The third kappa shape index (κ3) is 10.4. The summed E-state index contributed by atoms with van der Waals surface area (Å²) in [6, 6.07) is 22.8. The van der Waals surface area contributed by atoms with Crippen molar-refractivity contribution in [1.29, 1.82) is 0 Å². The van der Waals surface area contributed by atoms with Gasteiger partial charge in [-0.3, -0.25) is 18.7 Å². The molecule has 4 aromatic rings. The number of alkyl halides is 3. The Morgan fingerprint density at radius 2 is 1.67 bits per heavy atom. The highest BCUT2D eigenvalue weighted by Crippen LogP contribution is 2.63. The molecule has 4 N–H and O–H groups in total. The minimum atomic E-state index is -5.46. The summed E-state index contributed by atoms with van der Waals surface area (Å²) in [6.07, 6.45) is 8.55. The number of benzene rings is 3. The first-order valence-electron chi connectivity index (χ1n) is 18.1. The van der Waals surface area contributed by atoms with Crippen LogP contribution in [0.2, 0.25) is 0 Å². The standard InChI is InChI=1S/C39H47F3N6O4S3/c1-47(2)21-19-30(26-53-32-11-7-4-8-12-32)45-35-18-17-33(24-37(35)54(49,50)39(40,41)42)55(51,52)46-38-34-20-22-48(25-36(34)43-27-44-38)31-15-13-29(14-16-31)23-28-9-5-3-6-10-28/h3-12,17-18,23-24,27,30-31,45,49-50H,13-16,19-22,25-26H2,1-2H3,(H,43,44,46)/t30-,31?/m1/s1. The number of nitrogens with zero attached hydrogens (tertiary/aromatic N) is 4. The summed E-state index contributed by atoms with van der Waals surface area (Å²) in [4.78, 5) is 12.5. The molecule has 6 rings (SSSR count). The fourth-order valence-electron chi connectivity index (χ4n) is 6.92. The number of hydrogen-bond donors (Lipinski definition) is 4. The van der Waals surface area contributed by atoms with E-state index in [9.17, 15) is 30.7 Å².